The van der Waals surface area contributed by atoms with Crippen LogP contribution in [-0.4, -0.2) is 56.7 Å². The van der Waals surface area contributed by atoms with Crippen LogP contribution in [0.15, 0.2) is 12.1 Å². The predicted molar refractivity (Wildman–Crippen MR) is 98.0 cm³/mol. The number of nitrogens with zero attached hydrogens (tertiary/aromatic N) is 1. The summed E-state index contributed by atoms with van der Waals surface area (Å²) >= 11 is 0. The van der Waals surface area contributed by atoms with Crippen molar-refractivity contribution < 1.29 is 27.8 Å². The van der Waals surface area contributed by atoms with Gasteiger partial charge < -0.3 is 24.5 Å². The molecule has 152 valence electrons. The molecule has 0 spiro atoms. The highest BCUT2D eigenvalue weighted by Gasteiger charge is 2.32. The Morgan fingerprint density at radius 1 is 1.26 bits per heavy atom. The fourth-order valence-electron chi connectivity index (χ4n) is 2.73. The van der Waals surface area contributed by atoms with Crippen LogP contribution < -0.4 is 10.1 Å². The predicted octanol–water partition coefficient (Wildman–Crippen LogP) is 3.10. The number of amides is 1. The van der Waals surface area contributed by atoms with Crippen molar-refractivity contribution in [2.75, 3.05) is 27.7 Å². The first-order chi connectivity index (χ1) is 12.5. The highest BCUT2D eigenvalue weighted by atomic mass is 19.1. The van der Waals surface area contributed by atoms with Crippen LogP contribution in [0.2, 0.25) is 0 Å². The Kier molecular flexibility index (Phi) is 8.15. The SMILES string of the molecule is COc1cc(F)c(C(CN(C)C)C(CC=O)NC(=O)OC(C)(C)C)c(F)c1. The van der Waals surface area contributed by atoms with Crippen molar-refractivity contribution >= 4 is 12.4 Å². The fraction of sp³-hybridized carbons (Fsp3) is 0.579. The van der Waals surface area contributed by atoms with Crippen molar-refractivity contribution in [2.45, 2.75) is 44.8 Å². The van der Waals surface area contributed by atoms with Crippen molar-refractivity contribution in [3.8, 4) is 5.75 Å². The number of carbonyl (C=O) groups is 2. The average Bonchev–Trinajstić information content (AvgIpc) is 2.50. The summed E-state index contributed by atoms with van der Waals surface area (Å²) in [5.41, 5.74) is -0.962. The number of halogens is 2. The largest absolute Gasteiger partial charge is 0.497 e. The van der Waals surface area contributed by atoms with Crippen molar-refractivity contribution in [1.29, 1.82) is 0 Å². The van der Waals surface area contributed by atoms with Crippen LogP contribution in [0.25, 0.3) is 0 Å². The molecule has 2 unspecified atom stereocenters. The van der Waals surface area contributed by atoms with E-state index in [2.05, 4.69) is 5.32 Å². The van der Waals surface area contributed by atoms with E-state index in [1.54, 1.807) is 39.8 Å². The van der Waals surface area contributed by atoms with Crippen LogP contribution in [0.3, 0.4) is 0 Å². The summed E-state index contributed by atoms with van der Waals surface area (Å²) in [5, 5.41) is 2.58. The van der Waals surface area contributed by atoms with Crippen LogP contribution in [0, 0.1) is 11.6 Å². The smallest absolute Gasteiger partial charge is 0.407 e. The van der Waals surface area contributed by atoms with Crippen LogP contribution in [0.1, 0.15) is 38.7 Å². The number of likely N-dealkylation sites (N-methyl/N-ethyl adjacent to an activating group) is 1. The second-order valence-corrected chi connectivity index (χ2v) is 7.53. The number of benzene rings is 1. The molecule has 0 aromatic heterocycles. The molecule has 1 aromatic rings. The third-order valence-corrected chi connectivity index (χ3v) is 3.76. The van der Waals surface area contributed by atoms with E-state index in [9.17, 15) is 18.4 Å². The minimum absolute atomic E-state index is 0.0457. The Bertz CT molecular complexity index is 637. The molecule has 0 saturated carbocycles. The van der Waals surface area contributed by atoms with Gasteiger partial charge in [0.05, 0.1) is 7.11 Å². The maximum atomic E-state index is 14.6. The van der Waals surface area contributed by atoms with E-state index in [0.717, 1.165) is 12.1 Å². The lowest BCUT2D eigenvalue weighted by Gasteiger charge is -2.31. The maximum Gasteiger partial charge on any atom is 0.407 e. The highest BCUT2D eigenvalue weighted by molar-refractivity contribution is 5.69. The first-order valence-corrected chi connectivity index (χ1v) is 8.59. The van der Waals surface area contributed by atoms with E-state index in [4.69, 9.17) is 9.47 Å². The first-order valence-electron chi connectivity index (χ1n) is 8.59. The number of hydrogen-bond donors (Lipinski definition) is 1. The quantitative estimate of drug-likeness (QED) is 0.696. The zero-order valence-electron chi connectivity index (χ0n) is 16.6. The van der Waals surface area contributed by atoms with E-state index in [1.807, 2.05) is 0 Å². The molecule has 2 atom stereocenters. The minimum Gasteiger partial charge on any atom is -0.497 e. The molecule has 6 nitrogen and oxygen atoms in total. The number of methoxy groups -OCH3 is 1. The summed E-state index contributed by atoms with van der Waals surface area (Å²) < 4.78 is 39.4. The number of alkyl carbamates (subject to hydrolysis) is 1. The summed E-state index contributed by atoms with van der Waals surface area (Å²) in [6.45, 7) is 5.29. The number of nitrogens with one attached hydrogen (secondary N) is 1. The summed E-state index contributed by atoms with van der Waals surface area (Å²) in [4.78, 5) is 25.1. The van der Waals surface area contributed by atoms with Gasteiger partial charge in [0.2, 0.25) is 0 Å². The van der Waals surface area contributed by atoms with Gasteiger partial charge >= 0.3 is 6.09 Å². The molecular formula is C19H28F2N2O4. The molecule has 0 fully saturated rings. The number of ether oxygens (including phenoxy) is 2. The van der Waals surface area contributed by atoms with Gasteiger partial charge in [-0.15, -0.1) is 0 Å². The third kappa shape index (κ3) is 7.13. The Morgan fingerprint density at radius 2 is 1.81 bits per heavy atom. The maximum absolute atomic E-state index is 14.6. The second kappa shape index (κ2) is 9.64. The number of rotatable bonds is 8. The van der Waals surface area contributed by atoms with Crippen molar-refractivity contribution in [2.24, 2.45) is 0 Å². The molecule has 0 aliphatic rings. The molecule has 0 bridgehead atoms. The zero-order chi connectivity index (χ0) is 20.8. The van der Waals surface area contributed by atoms with Crippen molar-refractivity contribution in [3.63, 3.8) is 0 Å². The summed E-state index contributed by atoms with van der Waals surface area (Å²) in [7, 11) is 4.78. The van der Waals surface area contributed by atoms with Gasteiger partial charge in [-0.25, -0.2) is 13.6 Å². The normalized spacial score (nSPS) is 13.8. The fourth-order valence-corrected chi connectivity index (χ4v) is 2.73. The summed E-state index contributed by atoms with van der Waals surface area (Å²) in [5.74, 6) is -2.38. The molecule has 0 aliphatic heterocycles. The van der Waals surface area contributed by atoms with Gasteiger partial charge in [-0.05, 0) is 34.9 Å². The van der Waals surface area contributed by atoms with Gasteiger partial charge in [0.25, 0.3) is 0 Å². The van der Waals surface area contributed by atoms with Gasteiger partial charge in [-0.1, -0.05) is 0 Å². The molecule has 0 saturated heterocycles. The topological polar surface area (TPSA) is 67.9 Å². The number of aldehydes is 1. The lowest BCUT2D eigenvalue weighted by molar-refractivity contribution is -0.108. The van der Waals surface area contributed by atoms with Crippen LogP contribution in [0.5, 0.6) is 5.75 Å². The minimum atomic E-state index is -0.850. The molecule has 1 aromatic carbocycles. The van der Waals surface area contributed by atoms with E-state index in [1.165, 1.54) is 7.11 Å². The Hall–Kier alpha value is -2.22. The van der Waals surface area contributed by atoms with E-state index >= 15 is 0 Å². The zero-order valence-corrected chi connectivity index (χ0v) is 16.6. The van der Waals surface area contributed by atoms with Gasteiger partial charge in [0.15, 0.2) is 0 Å². The van der Waals surface area contributed by atoms with E-state index in [-0.39, 0.29) is 24.3 Å². The molecule has 0 heterocycles. The monoisotopic (exact) mass is 386 g/mol. The van der Waals surface area contributed by atoms with E-state index < -0.39 is 35.3 Å². The number of hydrogen-bond acceptors (Lipinski definition) is 5. The molecule has 1 rings (SSSR count). The molecule has 0 aliphatic carbocycles. The average molecular weight is 386 g/mol. The highest BCUT2D eigenvalue weighted by Crippen LogP contribution is 2.31. The lowest BCUT2D eigenvalue weighted by Crippen LogP contribution is -2.45. The summed E-state index contributed by atoms with van der Waals surface area (Å²) in [6.07, 6.45) is -0.278. The van der Waals surface area contributed by atoms with Gasteiger partial charge in [-0.3, -0.25) is 0 Å². The molecule has 1 amide bonds. The van der Waals surface area contributed by atoms with Crippen LogP contribution in [0.4, 0.5) is 13.6 Å². The molecule has 1 N–H and O–H groups in total. The van der Waals surface area contributed by atoms with E-state index in [0.29, 0.717) is 6.29 Å². The molecule has 27 heavy (non-hydrogen) atoms. The first kappa shape index (κ1) is 22.8. The van der Waals surface area contributed by atoms with Crippen LogP contribution in [-0.2, 0) is 9.53 Å². The standard InChI is InChI=1S/C19H28F2N2O4/c1-19(2,3)27-18(25)22-16(7-8-24)13(11-23(4)5)17-14(20)9-12(26-6)10-15(17)21/h8-10,13,16H,7,11H2,1-6H3,(H,22,25). The Morgan fingerprint density at radius 3 is 2.22 bits per heavy atom. The Balaban J connectivity index is 3.28. The lowest BCUT2D eigenvalue weighted by atomic mass is 9.88. The summed E-state index contributed by atoms with van der Waals surface area (Å²) in [6, 6.07) is 1.30. The molecular weight excluding hydrogens is 358 g/mol. The van der Waals surface area contributed by atoms with Crippen molar-refractivity contribution in [3.05, 3.63) is 29.3 Å². The van der Waals surface area contributed by atoms with Crippen molar-refractivity contribution in [1.82, 2.24) is 10.2 Å². The Labute approximate surface area is 158 Å². The van der Waals surface area contributed by atoms with Gasteiger partial charge in [0.1, 0.15) is 29.3 Å². The molecule has 8 heteroatoms. The van der Waals surface area contributed by atoms with Gasteiger partial charge in [0, 0.05) is 42.6 Å². The van der Waals surface area contributed by atoms with Crippen LogP contribution >= 0.6 is 0 Å². The van der Waals surface area contributed by atoms with Gasteiger partial charge in [-0.2, -0.15) is 0 Å². The number of carbonyl (C=O) groups excluding carboxylic acids is 2. The third-order valence-electron chi connectivity index (χ3n) is 3.76. The molecule has 0 radical (unpaired) electrons. The second-order valence-electron chi connectivity index (χ2n) is 7.53.